The maximum Gasteiger partial charge on any atom is 0.0741 e. The normalized spacial score (nSPS) is 12.5. The number of halogens is 1. The number of methoxy groups -OCH3 is 1. The molecule has 0 aliphatic carbocycles. The van der Waals surface area contributed by atoms with Crippen molar-refractivity contribution in [1.29, 1.82) is 0 Å². The molecule has 1 unspecified atom stereocenters. The minimum absolute atomic E-state index is 0.274. The van der Waals surface area contributed by atoms with Crippen molar-refractivity contribution >= 4 is 23.0 Å². The molecule has 0 aromatic heterocycles. The fraction of sp³-hybridized carbons (Fsp3) is 0.500. The number of hydrogen-bond acceptors (Lipinski definition) is 3. The summed E-state index contributed by atoms with van der Waals surface area (Å²) >= 11 is 6.01. The van der Waals surface area contributed by atoms with Gasteiger partial charge in [0.1, 0.15) is 0 Å². The molecule has 0 aliphatic heterocycles. The molecule has 1 aromatic carbocycles. The molecule has 90 valence electrons. The molecule has 0 radical (unpaired) electrons. The second-order valence-electron chi connectivity index (χ2n) is 3.76. The molecule has 0 bridgehead atoms. The van der Waals surface area contributed by atoms with Crippen LogP contribution in [0.2, 0.25) is 5.02 Å². The quantitative estimate of drug-likeness (QED) is 0.807. The highest BCUT2D eigenvalue weighted by molar-refractivity contribution is 6.33. The van der Waals surface area contributed by atoms with Gasteiger partial charge in [-0.15, -0.1) is 0 Å². The van der Waals surface area contributed by atoms with Crippen molar-refractivity contribution in [2.24, 2.45) is 0 Å². The minimum Gasteiger partial charge on any atom is -0.396 e. The number of ether oxygens (including phenoxy) is 1. The van der Waals surface area contributed by atoms with E-state index >= 15 is 0 Å². The average Bonchev–Trinajstić information content (AvgIpc) is 2.25. The summed E-state index contributed by atoms with van der Waals surface area (Å²) in [5, 5.41) is 0.598. The highest BCUT2D eigenvalue weighted by atomic mass is 35.5. The third kappa shape index (κ3) is 2.80. The van der Waals surface area contributed by atoms with Crippen molar-refractivity contribution in [2.75, 3.05) is 30.9 Å². The molecule has 0 spiro atoms. The van der Waals surface area contributed by atoms with Gasteiger partial charge < -0.3 is 15.4 Å². The lowest BCUT2D eigenvalue weighted by Crippen LogP contribution is -2.36. The third-order valence-electron chi connectivity index (χ3n) is 2.62. The van der Waals surface area contributed by atoms with E-state index in [4.69, 9.17) is 22.1 Å². The zero-order chi connectivity index (χ0) is 12.1. The van der Waals surface area contributed by atoms with Crippen molar-refractivity contribution in [3.63, 3.8) is 0 Å². The zero-order valence-corrected chi connectivity index (χ0v) is 10.8. The predicted molar refractivity (Wildman–Crippen MR) is 70.2 cm³/mol. The largest absolute Gasteiger partial charge is 0.396 e. The van der Waals surface area contributed by atoms with E-state index in [0.29, 0.717) is 17.3 Å². The number of nitrogen functional groups attached to an aromatic ring is 1. The Balaban J connectivity index is 2.99. The van der Waals surface area contributed by atoms with Gasteiger partial charge in [0.2, 0.25) is 0 Å². The van der Waals surface area contributed by atoms with Gasteiger partial charge in [0, 0.05) is 19.7 Å². The summed E-state index contributed by atoms with van der Waals surface area (Å²) in [7, 11) is 1.70. The Morgan fingerprint density at radius 2 is 2.19 bits per heavy atom. The van der Waals surface area contributed by atoms with Crippen molar-refractivity contribution in [3.8, 4) is 0 Å². The molecule has 2 N–H and O–H groups in total. The van der Waals surface area contributed by atoms with Crippen LogP contribution < -0.4 is 10.6 Å². The smallest absolute Gasteiger partial charge is 0.0741 e. The summed E-state index contributed by atoms with van der Waals surface area (Å²) in [6.07, 6.45) is 0. The molecule has 1 rings (SSSR count). The van der Waals surface area contributed by atoms with E-state index in [-0.39, 0.29) is 6.04 Å². The Hall–Kier alpha value is -0.930. The number of anilines is 2. The van der Waals surface area contributed by atoms with E-state index in [1.165, 1.54) is 0 Å². The first-order chi connectivity index (χ1) is 7.61. The first-order valence-electron chi connectivity index (χ1n) is 5.41. The van der Waals surface area contributed by atoms with Gasteiger partial charge in [-0.05, 0) is 26.0 Å². The number of nitrogens with two attached hydrogens (primary N) is 1. The second-order valence-corrected chi connectivity index (χ2v) is 4.17. The molecule has 3 nitrogen and oxygen atoms in total. The fourth-order valence-electron chi connectivity index (χ4n) is 1.83. The number of benzene rings is 1. The second kappa shape index (κ2) is 5.97. The van der Waals surface area contributed by atoms with Crippen LogP contribution in [-0.4, -0.2) is 26.3 Å². The lowest BCUT2D eigenvalue weighted by Gasteiger charge is -2.31. The monoisotopic (exact) mass is 242 g/mol. The summed E-state index contributed by atoms with van der Waals surface area (Å²) in [6, 6.07) is 5.97. The molecule has 0 saturated carbocycles. The maximum absolute atomic E-state index is 6.01. The van der Waals surface area contributed by atoms with Gasteiger partial charge in [-0.1, -0.05) is 17.7 Å². The Bertz CT molecular complexity index is 344. The Morgan fingerprint density at radius 3 is 2.75 bits per heavy atom. The van der Waals surface area contributed by atoms with Crippen molar-refractivity contribution < 1.29 is 4.74 Å². The fourth-order valence-corrected chi connectivity index (χ4v) is 2.00. The van der Waals surface area contributed by atoms with Gasteiger partial charge in [-0.25, -0.2) is 0 Å². The number of para-hydroxylation sites is 1. The molecule has 1 atom stereocenters. The third-order valence-corrected chi connectivity index (χ3v) is 2.95. The van der Waals surface area contributed by atoms with Gasteiger partial charge in [0.05, 0.1) is 23.0 Å². The number of hydrogen-bond donors (Lipinski definition) is 1. The molecule has 0 fully saturated rings. The van der Waals surface area contributed by atoms with E-state index < -0.39 is 0 Å². The highest BCUT2D eigenvalue weighted by Crippen LogP contribution is 2.31. The standard InChI is InChI=1S/C12H19ClN2O/c1-4-15(9(2)8-16-3)11-7-5-6-10(13)12(11)14/h5-7,9H,4,8,14H2,1-3H3. The Labute approximate surface area is 102 Å². The van der Waals surface area contributed by atoms with Crippen molar-refractivity contribution in [1.82, 2.24) is 0 Å². The minimum atomic E-state index is 0.274. The van der Waals surface area contributed by atoms with Crippen LogP contribution >= 0.6 is 11.6 Å². The van der Waals surface area contributed by atoms with Crippen LogP contribution in [0.15, 0.2) is 18.2 Å². The molecule has 4 heteroatoms. The van der Waals surface area contributed by atoms with E-state index in [0.717, 1.165) is 12.2 Å². The lowest BCUT2D eigenvalue weighted by molar-refractivity contribution is 0.182. The van der Waals surface area contributed by atoms with Gasteiger partial charge >= 0.3 is 0 Å². The highest BCUT2D eigenvalue weighted by Gasteiger charge is 2.15. The summed E-state index contributed by atoms with van der Waals surface area (Å²) in [5.41, 5.74) is 7.58. The van der Waals surface area contributed by atoms with Gasteiger partial charge in [-0.3, -0.25) is 0 Å². The molecular formula is C12H19ClN2O. The Kier molecular flexibility index (Phi) is 4.90. The molecule has 1 aromatic rings. The number of rotatable bonds is 5. The SMILES string of the molecule is CCN(c1cccc(Cl)c1N)C(C)COC. The molecule has 0 saturated heterocycles. The summed E-state index contributed by atoms with van der Waals surface area (Å²) < 4.78 is 5.16. The first-order valence-corrected chi connectivity index (χ1v) is 5.79. The molecular weight excluding hydrogens is 224 g/mol. The van der Waals surface area contributed by atoms with Crippen LogP contribution in [0.4, 0.5) is 11.4 Å². The Morgan fingerprint density at radius 1 is 1.50 bits per heavy atom. The van der Waals surface area contributed by atoms with E-state index in [2.05, 4.69) is 18.7 Å². The van der Waals surface area contributed by atoms with Crippen LogP contribution in [0.25, 0.3) is 0 Å². The van der Waals surface area contributed by atoms with E-state index in [9.17, 15) is 0 Å². The van der Waals surface area contributed by atoms with Crippen molar-refractivity contribution in [2.45, 2.75) is 19.9 Å². The van der Waals surface area contributed by atoms with Crippen LogP contribution in [0, 0.1) is 0 Å². The zero-order valence-electron chi connectivity index (χ0n) is 10.0. The van der Waals surface area contributed by atoms with Gasteiger partial charge in [-0.2, -0.15) is 0 Å². The van der Waals surface area contributed by atoms with Crippen molar-refractivity contribution in [3.05, 3.63) is 23.2 Å². The van der Waals surface area contributed by atoms with Gasteiger partial charge in [0.15, 0.2) is 0 Å². The first kappa shape index (κ1) is 13.1. The molecule has 0 aliphatic rings. The van der Waals surface area contributed by atoms with E-state index in [1.807, 2.05) is 12.1 Å². The molecule has 0 amide bonds. The van der Waals surface area contributed by atoms with E-state index in [1.54, 1.807) is 13.2 Å². The predicted octanol–water partition coefficient (Wildman–Crippen LogP) is 2.78. The summed E-state index contributed by atoms with van der Waals surface area (Å²) in [5.74, 6) is 0. The average molecular weight is 243 g/mol. The summed E-state index contributed by atoms with van der Waals surface area (Å²) in [6.45, 7) is 5.73. The molecule has 0 heterocycles. The maximum atomic E-state index is 6.01. The van der Waals surface area contributed by atoms with Crippen LogP contribution in [0.5, 0.6) is 0 Å². The summed E-state index contributed by atoms with van der Waals surface area (Å²) in [4.78, 5) is 2.19. The lowest BCUT2D eigenvalue weighted by atomic mass is 10.2. The van der Waals surface area contributed by atoms with Crippen LogP contribution in [0.3, 0.4) is 0 Å². The van der Waals surface area contributed by atoms with Crippen LogP contribution in [0.1, 0.15) is 13.8 Å². The number of likely N-dealkylation sites (N-methyl/N-ethyl adjacent to an activating group) is 1. The number of nitrogens with zero attached hydrogens (tertiary/aromatic N) is 1. The van der Waals surface area contributed by atoms with Crippen LogP contribution in [-0.2, 0) is 4.74 Å². The molecule has 16 heavy (non-hydrogen) atoms. The topological polar surface area (TPSA) is 38.5 Å². The van der Waals surface area contributed by atoms with Gasteiger partial charge in [0.25, 0.3) is 0 Å².